The molecule has 0 bridgehead atoms. The zero-order valence-corrected chi connectivity index (χ0v) is 16.5. The number of carbonyl (C=O) groups excluding carboxylic acids is 1. The van der Waals surface area contributed by atoms with Crippen molar-refractivity contribution in [1.82, 2.24) is 4.98 Å². The Balaban J connectivity index is 1.58. The van der Waals surface area contributed by atoms with E-state index in [0.717, 1.165) is 20.8 Å². The second kappa shape index (κ2) is 7.05. The minimum absolute atomic E-state index is 0.304. The molecule has 1 amide bonds. The number of hydrogen-bond acceptors (Lipinski definition) is 5. The molecule has 5 nitrogen and oxygen atoms in total. The molecule has 0 aliphatic heterocycles. The lowest BCUT2D eigenvalue weighted by molar-refractivity contribution is 0.102. The molecule has 0 aliphatic rings. The van der Waals surface area contributed by atoms with Gasteiger partial charge in [-0.2, -0.15) is 0 Å². The Morgan fingerprint density at radius 3 is 2.50 bits per heavy atom. The first-order valence-corrected chi connectivity index (χ1v) is 9.63. The molecule has 0 aliphatic carbocycles. The average Bonchev–Trinajstić information content (AvgIpc) is 3.04. The summed E-state index contributed by atoms with van der Waals surface area (Å²) < 4.78 is 6.20. The maximum atomic E-state index is 12.6. The summed E-state index contributed by atoms with van der Waals surface area (Å²) in [6.45, 7) is 5.40. The summed E-state index contributed by atoms with van der Waals surface area (Å²) in [5.41, 5.74) is 4.37. The van der Waals surface area contributed by atoms with Crippen LogP contribution in [-0.2, 0) is 0 Å². The lowest BCUT2D eigenvalue weighted by Gasteiger charge is -2.09. The van der Waals surface area contributed by atoms with Crippen LogP contribution in [0.15, 0.2) is 57.7 Å². The average molecular weight is 390 g/mol. The summed E-state index contributed by atoms with van der Waals surface area (Å²) in [5, 5.41) is 3.79. The zero-order chi connectivity index (χ0) is 19.8. The van der Waals surface area contributed by atoms with Gasteiger partial charge in [-0.25, -0.2) is 9.78 Å². The standard InChI is InChI=1S/C22H18N2O3S/c1-12-4-9-17-18(10-12)28-22(24-17)15-5-7-16(8-6-15)23-21(26)20-13(2)11-19(25)27-14(20)3/h4-11H,1-3H3,(H,23,26). The second-order valence-corrected chi connectivity index (χ2v) is 7.73. The van der Waals surface area contributed by atoms with Crippen LogP contribution < -0.4 is 10.9 Å². The zero-order valence-electron chi connectivity index (χ0n) is 15.7. The molecule has 2 aromatic carbocycles. The van der Waals surface area contributed by atoms with E-state index >= 15 is 0 Å². The lowest BCUT2D eigenvalue weighted by atomic mass is 10.1. The largest absolute Gasteiger partial charge is 0.427 e. The second-order valence-electron chi connectivity index (χ2n) is 6.70. The van der Waals surface area contributed by atoms with E-state index in [2.05, 4.69) is 29.4 Å². The van der Waals surface area contributed by atoms with Gasteiger partial charge in [-0.15, -0.1) is 11.3 Å². The molecular weight excluding hydrogens is 372 g/mol. The van der Waals surface area contributed by atoms with E-state index in [0.29, 0.717) is 22.6 Å². The molecule has 0 radical (unpaired) electrons. The Labute approximate surface area is 165 Å². The quantitative estimate of drug-likeness (QED) is 0.529. The van der Waals surface area contributed by atoms with Crippen molar-refractivity contribution in [1.29, 1.82) is 0 Å². The minimum atomic E-state index is -0.457. The van der Waals surface area contributed by atoms with Gasteiger partial charge in [0, 0.05) is 17.3 Å². The number of nitrogens with zero attached hydrogens (tertiary/aromatic N) is 1. The number of amides is 1. The fraction of sp³-hybridized carbons (Fsp3) is 0.136. The molecule has 0 spiro atoms. The Morgan fingerprint density at radius 2 is 1.79 bits per heavy atom. The van der Waals surface area contributed by atoms with Gasteiger partial charge < -0.3 is 9.73 Å². The first-order valence-electron chi connectivity index (χ1n) is 8.81. The van der Waals surface area contributed by atoms with E-state index in [1.54, 1.807) is 25.2 Å². The van der Waals surface area contributed by atoms with E-state index in [1.807, 2.05) is 30.3 Å². The normalized spacial score (nSPS) is 11.0. The van der Waals surface area contributed by atoms with E-state index < -0.39 is 5.63 Å². The number of carbonyl (C=O) groups is 1. The first-order chi connectivity index (χ1) is 13.4. The van der Waals surface area contributed by atoms with Crippen LogP contribution in [0.4, 0.5) is 5.69 Å². The van der Waals surface area contributed by atoms with Gasteiger partial charge in [-0.3, -0.25) is 4.79 Å². The van der Waals surface area contributed by atoms with E-state index in [1.165, 1.54) is 11.6 Å². The van der Waals surface area contributed by atoms with Crippen LogP contribution in [0, 0.1) is 20.8 Å². The molecule has 0 fully saturated rings. The van der Waals surface area contributed by atoms with Gasteiger partial charge in [-0.05, 0) is 68.3 Å². The van der Waals surface area contributed by atoms with Crippen LogP contribution >= 0.6 is 11.3 Å². The molecule has 28 heavy (non-hydrogen) atoms. The molecule has 0 saturated carbocycles. The molecule has 2 heterocycles. The summed E-state index contributed by atoms with van der Waals surface area (Å²) in [7, 11) is 0. The molecule has 0 atom stereocenters. The van der Waals surface area contributed by atoms with E-state index in [4.69, 9.17) is 4.42 Å². The maximum absolute atomic E-state index is 12.6. The van der Waals surface area contributed by atoms with Crippen molar-refractivity contribution in [3.8, 4) is 10.6 Å². The van der Waals surface area contributed by atoms with Gasteiger partial charge in [-0.1, -0.05) is 6.07 Å². The molecule has 6 heteroatoms. The highest BCUT2D eigenvalue weighted by atomic mass is 32.1. The van der Waals surface area contributed by atoms with E-state index in [9.17, 15) is 9.59 Å². The molecular formula is C22H18N2O3S. The number of fused-ring (bicyclic) bond motifs is 1. The monoisotopic (exact) mass is 390 g/mol. The Kier molecular flexibility index (Phi) is 4.57. The third-order valence-electron chi connectivity index (χ3n) is 4.50. The molecule has 2 aromatic heterocycles. The van der Waals surface area contributed by atoms with Gasteiger partial charge >= 0.3 is 5.63 Å². The fourth-order valence-corrected chi connectivity index (χ4v) is 4.21. The Morgan fingerprint density at radius 1 is 1.04 bits per heavy atom. The fourth-order valence-electron chi connectivity index (χ4n) is 3.14. The van der Waals surface area contributed by atoms with Crippen LogP contribution in [0.25, 0.3) is 20.8 Å². The number of aromatic nitrogens is 1. The Bertz CT molecular complexity index is 1230. The summed E-state index contributed by atoms with van der Waals surface area (Å²) in [4.78, 5) is 28.7. The van der Waals surface area contributed by atoms with Gasteiger partial charge in [0.25, 0.3) is 5.91 Å². The van der Waals surface area contributed by atoms with Crippen LogP contribution in [0.3, 0.4) is 0 Å². The summed E-state index contributed by atoms with van der Waals surface area (Å²) in [6, 6.07) is 15.1. The highest BCUT2D eigenvalue weighted by molar-refractivity contribution is 7.21. The number of anilines is 1. The molecule has 0 saturated heterocycles. The summed E-state index contributed by atoms with van der Waals surface area (Å²) >= 11 is 1.65. The molecule has 140 valence electrons. The van der Waals surface area contributed by atoms with Gasteiger partial charge in [0.15, 0.2) is 0 Å². The summed E-state index contributed by atoms with van der Waals surface area (Å²) in [5.74, 6) is 0.00542. The number of aryl methyl sites for hydroxylation is 3. The van der Waals surface area contributed by atoms with Crippen molar-refractivity contribution in [3.05, 3.63) is 81.4 Å². The molecule has 4 aromatic rings. The van der Waals surface area contributed by atoms with Crippen molar-refractivity contribution >= 4 is 33.1 Å². The van der Waals surface area contributed by atoms with Crippen molar-refractivity contribution in [3.63, 3.8) is 0 Å². The van der Waals surface area contributed by atoms with Gasteiger partial charge in [0.05, 0.1) is 15.8 Å². The number of rotatable bonds is 3. The van der Waals surface area contributed by atoms with Crippen molar-refractivity contribution < 1.29 is 9.21 Å². The third-order valence-corrected chi connectivity index (χ3v) is 5.56. The minimum Gasteiger partial charge on any atom is -0.427 e. The first kappa shape index (κ1) is 18.1. The predicted octanol–water partition coefficient (Wildman–Crippen LogP) is 5.09. The highest BCUT2D eigenvalue weighted by Crippen LogP contribution is 2.31. The number of benzene rings is 2. The van der Waals surface area contributed by atoms with Crippen LogP contribution in [0.1, 0.15) is 27.2 Å². The smallest absolute Gasteiger partial charge is 0.336 e. The lowest BCUT2D eigenvalue weighted by Crippen LogP contribution is -2.17. The SMILES string of the molecule is Cc1ccc2nc(-c3ccc(NC(=O)c4c(C)cc(=O)oc4C)cc3)sc2c1. The van der Waals surface area contributed by atoms with Crippen molar-refractivity contribution in [2.45, 2.75) is 20.8 Å². The highest BCUT2D eigenvalue weighted by Gasteiger charge is 2.15. The number of nitrogens with one attached hydrogen (secondary N) is 1. The topological polar surface area (TPSA) is 72.2 Å². The number of hydrogen-bond donors (Lipinski definition) is 1. The van der Waals surface area contributed by atoms with Crippen LogP contribution in [-0.4, -0.2) is 10.9 Å². The van der Waals surface area contributed by atoms with Gasteiger partial charge in [0.1, 0.15) is 10.8 Å². The molecule has 0 unspecified atom stereocenters. The van der Waals surface area contributed by atoms with Gasteiger partial charge in [0.2, 0.25) is 0 Å². The van der Waals surface area contributed by atoms with Crippen LogP contribution in [0.2, 0.25) is 0 Å². The third kappa shape index (κ3) is 3.46. The molecule has 4 rings (SSSR count). The maximum Gasteiger partial charge on any atom is 0.336 e. The van der Waals surface area contributed by atoms with E-state index in [-0.39, 0.29) is 5.91 Å². The predicted molar refractivity (Wildman–Crippen MR) is 112 cm³/mol. The number of thiazole rings is 1. The molecule has 1 N–H and O–H groups in total. The van der Waals surface area contributed by atoms with Crippen molar-refractivity contribution in [2.75, 3.05) is 5.32 Å². The van der Waals surface area contributed by atoms with Crippen molar-refractivity contribution in [2.24, 2.45) is 0 Å². The van der Waals surface area contributed by atoms with Crippen LogP contribution in [0.5, 0.6) is 0 Å². The summed E-state index contributed by atoms with van der Waals surface area (Å²) in [6.07, 6.45) is 0. The Hall–Kier alpha value is -3.25.